The van der Waals surface area contributed by atoms with Gasteiger partial charge in [-0.1, -0.05) is 0 Å². The topological polar surface area (TPSA) is 84.5 Å². The minimum Gasteiger partial charge on any atom is -0.452 e. The first-order valence-electron chi connectivity index (χ1n) is 10.3. The molecule has 6 heteroatoms. The van der Waals surface area contributed by atoms with Crippen LogP contribution >= 0.6 is 0 Å². The predicted molar refractivity (Wildman–Crippen MR) is 105 cm³/mol. The minimum absolute atomic E-state index is 0.0278. The molecule has 150 valence electrons. The third-order valence-corrected chi connectivity index (χ3v) is 6.63. The molecular formula is C22H28N2O4. The van der Waals surface area contributed by atoms with Gasteiger partial charge in [-0.25, -0.2) is 0 Å². The molecule has 0 heterocycles. The van der Waals surface area contributed by atoms with E-state index in [1.165, 1.54) is 13.3 Å². The number of anilines is 2. The number of hydrogen-bond acceptors (Lipinski definition) is 4. The van der Waals surface area contributed by atoms with Crippen LogP contribution < -0.4 is 10.6 Å². The van der Waals surface area contributed by atoms with Gasteiger partial charge in [0.2, 0.25) is 5.91 Å². The van der Waals surface area contributed by atoms with Crippen molar-refractivity contribution >= 4 is 29.2 Å². The average Bonchev–Trinajstić information content (AvgIpc) is 2.62. The summed E-state index contributed by atoms with van der Waals surface area (Å²) in [5.41, 5.74) is 1.25. The maximum Gasteiger partial charge on any atom is 0.310 e. The van der Waals surface area contributed by atoms with Crippen LogP contribution in [0.2, 0.25) is 0 Å². The van der Waals surface area contributed by atoms with Gasteiger partial charge in [0.1, 0.15) is 0 Å². The van der Waals surface area contributed by atoms with Crippen LogP contribution in [0.1, 0.15) is 46.0 Å². The van der Waals surface area contributed by atoms with Crippen molar-refractivity contribution in [2.75, 3.05) is 10.6 Å². The zero-order valence-corrected chi connectivity index (χ0v) is 16.4. The van der Waals surface area contributed by atoms with Crippen LogP contribution in [-0.2, 0) is 19.1 Å². The van der Waals surface area contributed by atoms with Gasteiger partial charge in [-0.2, -0.15) is 0 Å². The molecule has 6 nitrogen and oxygen atoms in total. The van der Waals surface area contributed by atoms with Crippen molar-refractivity contribution in [2.24, 2.45) is 29.6 Å². The number of benzene rings is 1. The molecule has 5 rings (SSSR count). The first-order chi connectivity index (χ1) is 13.4. The first-order valence-corrected chi connectivity index (χ1v) is 10.3. The van der Waals surface area contributed by atoms with Crippen LogP contribution in [0, 0.1) is 29.6 Å². The summed E-state index contributed by atoms with van der Waals surface area (Å²) in [4.78, 5) is 36.3. The molecule has 1 atom stereocenters. The molecule has 0 radical (unpaired) electrons. The van der Waals surface area contributed by atoms with Crippen molar-refractivity contribution in [3.8, 4) is 0 Å². The molecule has 0 spiro atoms. The van der Waals surface area contributed by atoms with E-state index in [4.69, 9.17) is 4.74 Å². The molecule has 0 unspecified atom stereocenters. The van der Waals surface area contributed by atoms with E-state index in [-0.39, 0.29) is 23.7 Å². The fourth-order valence-electron chi connectivity index (χ4n) is 5.70. The Morgan fingerprint density at radius 3 is 1.89 bits per heavy atom. The highest BCUT2D eigenvalue weighted by Gasteiger charge is 2.51. The molecule has 4 bridgehead atoms. The van der Waals surface area contributed by atoms with Gasteiger partial charge in [-0.05, 0) is 87.0 Å². The smallest absolute Gasteiger partial charge is 0.310 e. The Labute approximate surface area is 165 Å². The molecule has 2 amide bonds. The van der Waals surface area contributed by atoms with Crippen LogP contribution in [0.15, 0.2) is 24.3 Å². The number of esters is 1. The van der Waals surface area contributed by atoms with E-state index in [1.807, 2.05) is 0 Å². The molecular weight excluding hydrogens is 356 g/mol. The first kappa shape index (κ1) is 19.0. The number of carbonyl (C=O) groups is 3. The van der Waals surface area contributed by atoms with Gasteiger partial charge < -0.3 is 15.4 Å². The Hall–Kier alpha value is -2.37. The van der Waals surface area contributed by atoms with Crippen molar-refractivity contribution in [1.82, 2.24) is 0 Å². The van der Waals surface area contributed by atoms with Crippen LogP contribution in [-0.4, -0.2) is 23.9 Å². The molecule has 1 aromatic carbocycles. The van der Waals surface area contributed by atoms with Crippen molar-refractivity contribution in [3.63, 3.8) is 0 Å². The Bertz CT molecular complexity index is 745. The summed E-state index contributed by atoms with van der Waals surface area (Å²) in [5.74, 6) is 1.77. The maximum absolute atomic E-state index is 12.8. The van der Waals surface area contributed by atoms with Crippen molar-refractivity contribution in [2.45, 2.75) is 52.1 Å². The van der Waals surface area contributed by atoms with E-state index in [9.17, 15) is 14.4 Å². The maximum atomic E-state index is 12.8. The number of rotatable bonds is 5. The molecule has 2 N–H and O–H groups in total. The van der Waals surface area contributed by atoms with E-state index in [0.29, 0.717) is 23.2 Å². The van der Waals surface area contributed by atoms with E-state index < -0.39 is 6.10 Å². The van der Waals surface area contributed by atoms with E-state index in [0.717, 1.165) is 37.5 Å². The third-order valence-electron chi connectivity index (χ3n) is 6.63. The van der Waals surface area contributed by atoms with Gasteiger partial charge in [-0.15, -0.1) is 0 Å². The average molecular weight is 384 g/mol. The molecule has 0 aromatic heterocycles. The molecule has 4 saturated carbocycles. The number of hydrogen-bond donors (Lipinski definition) is 2. The largest absolute Gasteiger partial charge is 0.452 e. The summed E-state index contributed by atoms with van der Waals surface area (Å²) in [7, 11) is 0. The molecule has 4 aliphatic rings. The van der Waals surface area contributed by atoms with Crippen LogP contribution in [0.3, 0.4) is 0 Å². The Morgan fingerprint density at radius 1 is 0.893 bits per heavy atom. The van der Waals surface area contributed by atoms with Crippen molar-refractivity contribution in [1.29, 1.82) is 0 Å². The molecule has 28 heavy (non-hydrogen) atoms. The van der Waals surface area contributed by atoms with E-state index in [1.54, 1.807) is 31.2 Å². The number of nitrogens with one attached hydrogen (secondary N) is 2. The zero-order valence-electron chi connectivity index (χ0n) is 16.4. The molecule has 0 saturated heterocycles. The summed E-state index contributed by atoms with van der Waals surface area (Å²) in [5, 5.41) is 5.44. The van der Waals surface area contributed by atoms with Gasteiger partial charge >= 0.3 is 5.97 Å². The molecule has 1 aromatic rings. The Morgan fingerprint density at radius 2 is 1.39 bits per heavy atom. The Kier molecular flexibility index (Phi) is 5.13. The second-order valence-electron chi connectivity index (χ2n) is 8.78. The van der Waals surface area contributed by atoms with Gasteiger partial charge in [0.25, 0.3) is 5.91 Å². The van der Waals surface area contributed by atoms with Gasteiger partial charge in [-0.3, -0.25) is 14.4 Å². The van der Waals surface area contributed by atoms with Crippen LogP contribution in [0.25, 0.3) is 0 Å². The summed E-state index contributed by atoms with van der Waals surface area (Å²) in [6.45, 7) is 3.06. The summed E-state index contributed by atoms with van der Waals surface area (Å²) in [6, 6.07) is 6.83. The standard InChI is InChI=1S/C22H28N2O4/c1-12(21(26)24-19-5-3-18(4-6-19)23-13(2)25)28-22(27)20-16-8-14-7-15(10-16)11-17(20)9-14/h3-6,12,14-17,20H,7-11H2,1-2H3,(H,23,25)(H,24,26)/t12-,14?,15?,16?,17?,20?/m0/s1. The van der Waals surface area contributed by atoms with E-state index >= 15 is 0 Å². The monoisotopic (exact) mass is 384 g/mol. The van der Waals surface area contributed by atoms with Crippen molar-refractivity contribution < 1.29 is 19.1 Å². The number of amides is 2. The fourth-order valence-corrected chi connectivity index (χ4v) is 5.70. The summed E-state index contributed by atoms with van der Waals surface area (Å²) < 4.78 is 5.58. The molecule has 4 aliphatic carbocycles. The quantitative estimate of drug-likeness (QED) is 0.760. The lowest BCUT2D eigenvalue weighted by Crippen LogP contribution is -2.49. The zero-order chi connectivity index (χ0) is 19.8. The van der Waals surface area contributed by atoms with Gasteiger partial charge in [0.15, 0.2) is 6.10 Å². The van der Waals surface area contributed by atoms with Crippen LogP contribution in [0.5, 0.6) is 0 Å². The highest BCUT2D eigenvalue weighted by atomic mass is 16.5. The summed E-state index contributed by atoms with van der Waals surface area (Å²) >= 11 is 0. The third kappa shape index (κ3) is 3.91. The predicted octanol–water partition coefficient (Wildman–Crippen LogP) is 3.59. The second kappa shape index (κ2) is 7.57. The number of ether oxygens (including phenoxy) is 1. The van der Waals surface area contributed by atoms with Gasteiger partial charge in [0, 0.05) is 18.3 Å². The fraction of sp³-hybridized carbons (Fsp3) is 0.591. The SMILES string of the molecule is CC(=O)Nc1ccc(NC(=O)[C@H](C)OC(=O)C2C3CC4CC(C3)CC2C4)cc1. The lowest BCUT2D eigenvalue weighted by Gasteiger charge is -2.53. The van der Waals surface area contributed by atoms with Crippen molar-refractivity contribution in [3.05, 3.63) is 24.3 Å². The van der Waals surface area contributed by atoms with E-state index in [2.05, 4.69) is 10.6 Å². The van der Waals surface area contributed by atoms with Crippen LogP contribution in [0.4, 0.5) is 11.4 Å². The lowest BCUT2D eigenvalue weighted by atomic mass is 9.52. The normalized spacial score (nSPS) is 31.1. The Balaban J connectivity index is 1.32. The van der Waals surface area contributed by atoms with Gasteiger partial charge in [0.05, 0.1) is 5.92 Å². The highest BCUT2D eigenvalue weighted by Crippen LogP contribution is 2.56. The summed E-state index contributed by atoms with van der Waals surface area (Å²) in [6.07, 6.45) is 5.10. The second-order valence-corrected chi connectivity index (χ2v) is 8.78. The molecule has 0 aliphatic heterocycles. The number of carbonyl (C=O) groups excluding carboxylic acids is 3. The highest BCUT2D eigenvalue weighted by molar-refractivity contribution is 5.95. The molecule has 4 fully saturated rings. The lowest BCUT2D eigenvalue weighted by molar-refractivity contribution is -0.169. The minimum atomic E-state index is -0.834.